The van der Waals surface area contributed by atoms with Crippen LogP contribution in [0, 0.1) is 11.7 Å². The highest BCUT2D eigenvalue weighted by molar-refractivity contribution is 7.89. The summed E-state index contributed by atoms with van der Waals surface area (Å²) in [7, 11) is -2.36. The second-order valence-electron chi connectivity index (χ2n) is 5.74. The van der Waals surface area contributed by atoms with Crippen molar-refractivity contribution in [2.45, 2.75) is 24.3 Å². The molecule has 2 rings (SSSR count). The molecule has 2 N–H and O–H groups in total. The monoisotopic (exact) mass is 382 g/mol. The van der Waals surface area contributed by atoms with Crippen LogP contribution in [-0.2, 0) is 14.8 Å². The van der Waals surface area contributed by atoms with Crippen molar-refractivity contribution in [3.8, 4) is 5.75 Å². The van der Waals surface area contributed by atoms with E-state index in [0.717, 1.165) is 16.8 Å². The van der Waals surface area contributed by atoms with Crippen LogP contribution >= 0.6 is 12.4 Å². The van der Waals surface area contributed by atoms with Gasteiger partial charge in [-0.1, -0.05) is 0 Å². The Hall–Kier alpha value is -0.930. The smallest absolute Gasteiger partial charge is 0.243 e. The zero-order chi connectivity index (χ0) is 17.0. The molecule has 138 valence electrons. The lowest BCUT2D eigenvalue weighted by Crippen LogP contribution is -2.39. The Labute approximate surface area is 148 Å². The first-order chi connectivity index (χ1) is 10.9. The fraction of sp³-hybridized carbons (Fsp3) is 0.600. The van der Waals surface area contributed by atoms with Crippen LogP contribution in [0.3, 0.4) is 0 Å². The minimum absolute atomic E-state index is 0. The Morgan fingerprint density at radius 1 is 1.50 bits per heavy atom. The highest BCUT2D eigenvalue weighted by Gasteiger charge is 2.26. The summed E-state index contributed by atoms with van der Waals surface area (Å²) in [6.45, 7) is 3.53. The number of halogens is 2. The first-order valence-electron chi connectivity index (χ1n) is 7.54. The van der Waals surface area contributed by atoms with E-state index in [0.29, 0.717) is 19.8 Å². The van der Waals surface area contributed by atoms with Crippen molar-refractivity contribution in [2.24, 2.45) is 11.7 Å². The fourth-order valence-electron chi connectivity index (χ4n) is 2.23. The van der Waals surface area contributed by atoms with Gasteiger partial charge in [0.1, 0.15) is 0 Å². The molecule has 0 aliphatic carbocycles. The maximum Gasteiger partial charge on any atom is 0.243 e. The largest absolute Gasteiger partial charge is 0.490 e. The summed E-state index contributed by atoms with van der Waals surface area (Å²) < 4.78 is 50.8. The van der Waals surface area contributed by atoms with Gasteiger partial charge >= 0.3 is 0 Å². The lowest BCUT2D eigenvalue weighted by atomic mass is 10.1. The van der Waals surface area contributed by atoms with E-state index >= 15 is 0 Å². The molecule has 1 aromatic rings. The molecule has 0 radical (unpaired) electrons. The highest BCUT2D eigenvalue weighted by Crippen LogP contribution is 2.25. The van der Waals surface area contributed by atoms with Crippen molar-refractivity contribution in [1.29, 1.82) is 0 Å². The summed E-state index contributed by atoms with van der Waals surface area (Å²) in [5, 5.41) is 0. The standard InChI is InChI=1S/C15H23FN2O4S.ClH/c1-11(8-17)18(2)23(19,20)13-3-4-15(14(16)7-13)22-10-12-5-6-21-9-12;/h3-4,7,11-12H,5-6,8-10,17H2,1-2H3;1H. The van der Waals surface area contributed by atoms with E-state index < -0.39 is 15.8 Å². The second-order valence-corrected chi connectivity index (χ2v) is 7.74. The second kappa shape index (κ2) is 8.96. The molecule has 24 heavy (non-hydrogen) atoms. The molecule has 0 bridgehead atoms. The van der Waals surface area contributed by atoms with E-state index in [1.54, 1.807) is 6.92 Å². The minimum atomic E-state index is -3.78. The molecule has 2 unspecified atom stereocenters. The topological polar surface area (TPSA) is 81.9 Å². The van der Waals surface area contributed by atoms with Crippen molar-refractivity contribution >= 4 is 22.4 Å². The molecule has 1 heterocycles. The van der Waals surface area contributed by atoms with Crippen molar-refractivity contribution < 1.29 is 22.3 Å². The Morgan fingerprint density at radius 3 is 2.75 bits per heavy atom. The van der Waals surface area contributed by atoms with Gasteiger partial charge in [0, 0.05) is 32.2 Å². The molecule has 0 spiro atoms. The number of rotatable bonds is 7. The van der Waals surface area contributed by atoms with Crippen LogP contribution in [0.25, 0.3) is 0 Å². The number of sulfonamides is 1. The van der Waals surface area contributed by atoms with Gasteiger partial charge in [0.2, 0.25) is 10.0 Å². The predicted molar refractivity (Wildman–Crippen MR) is 91.5 cm³/mol. The van der Waals surface area contributed by atoms with Gasteiger partial charge in [0.15, 0.2) is 11.6 Å². The van der Waals surface area contributed by atoms with Crippen LogP contribution in [0.1, 0.15) is 13.3 Å². The van der Waals surface area contributed by atoms with Crippen LogP contribution in [-0.4, -0.2) is 52.2 Å². The number of ether oxygens (including phenoxy) is 2. The third kappa shape index (κ3) is 4.80. The van der Waals surface area contributed by atoms with Gasteiger partial charge in [-0.15, -0.1) is 12.4 Å². The molecular formula is C15H24ClFN2O4S. The Balaban J connectivity index is 0.00000288. The van der Waals surface area contributed by atoms with E-state index in [1.807, 2.05) is 0 Å². The number of hydrogen-bond acceptors (Lipinski definition) is 5. The van der Waals surface area contributed by atoms with E-state index in [1.165, 1.54) is 19.2 Å². The zero-order valence-electron chi connectivity index (χ0n) is 13.8. The molecule has 0 amide bonds. The molecule has 1 saturated heterocycles. The Morgan fingerprint density at radius 2 is 2.21 bits per heavy atom. The molecule has 1 fully saturated rings. The third-order valence-electron chi connectivity index (χ3n) is 4.04. The van der Waals surface area contributed by atoms with Crippen molar-refractivity contribution in [3.63, 3.8) is 0 Å². The van der Waals surface area contributed by atoms with Crippen molar-refractivity contribution in [1.82, 2.24) is 4.31 Å². The van der Waals surface area contributed by atoms with Gasteiger partial charge in [-0.2, -0.15) is 4.31 Å². The summed E-state index contributed by atoms with van der Waals surface area (Å²) in [5.41, 5.74) is 5.49. The maximum absolute atomic E-state index is 14.1. The number of nitrogens with zero attached hydrogens (tertiary/aromatic N) is 1. The SMILES string of the molecule is CC(CN)N(C)S(=O)(=O)c1ccc(OCC2CCOC2)c(F)c1.Cl. The quantitative estimate of drug-likeness (QED) is 0.775. The van der Waals surface area contributed by atoms with Crippen LogP contribution < -0.4 is 10.5 Å². The molecule has 1 aliphatic heterocycles. The molecule has 1 aromatic carbocycles. The van der Waals surface area contributed by atoms with Gasteiger partial charge in [-0.25, -0.2) is 12.8 Å². The van der Waals surface area contributed by atoms with Gasteiger partial charge in [-0.3, -0.25) is 0 Å². The summed E-state index contributed by atoms with van der Waals surface area (Å²) in [5.74, 6) is -0.404. The van der Waals surface area contributed by atoms with E-state index in [2.05, 4.69) is 0 Å². The lowest BCUT2D eigenvalue weighted by molar-refractivity contribution is 0.165. The van der Waals surface area contributed by atoms with Crippen LogP contribution in [0.2, 0.25) is 0 Å². The van der Waals surface area contributed by atoms with E-state index in [4.69, 9.17) is 15.2 Å². The molecular weight excluding hydrogens is 359 g/mol. The Bertz CT molecular complexity index is 638. The summed E-state index contributed by atoms with van der Waals surface area (Å²) in [6.07, 6.45) is 0.885. The summed E-state index contributed by atoms with van der Waals surface area (Å²) in [4.78, 5) is -0.116. The average molecular weight is 383 g/mol. The van der Waals surface area contributed by atoms with Gasteiger partial charge in [0.25, 0.3) is 0 Å². The molecule has 1 aliphatic rings. The van der Waals surface area contributed by atoms with Gasteiger partial charge in [-0.05, 0) is 31.5 Å². The maximum atomic E-state index is 14.1. The lowest BCUT2D eigenvalue weighted by Gasteiger charge is -2.23. The highest BCUT2D eigenvalue weighted by atomic mass is 35.5. The number of hydrogen-bond donors (Lipinski definition) is 1. The third-order valence-corrected chi connectivity index (χ3v) is 6.01. The summed E-state index contributed by atoms with van der Waals surface area (Å²) >= 11 is 0. The molecule has 9 heteroatoms. The molecule has 0 aromatic heterocycles. The van der Waals surface area contributed by atoms with Crippen LogP contribution in [0.5, 0.6) is 5.75 Å². The van der Waals surface area contributed by atoms with Crippen molar-refractivity contribution in [2.75, 3.05) is 33.4 Å². The van der Waals surface area contributed by atoms with Crippen LogP contribution in [0.4, 0.5) is 4.39 Å². The molecule has 6 nitrogen and oxygen atoms in total. The Kier molecular flexibility index (Phi) is 7.88. The predicted octanol–water partition coefficient (Wildman–Crippen LogP) is 1.63. The molecule has 2 atom stereocenters. The zero-order valence-corrected chi connectivity index (χ0v) is 15.4. The number of likely N-dealkylation sites (N-methyl/N-ethyl adjacent to an activating group) is 1. The first-order valence-corrected chi connectivity index (χ1v) is 8.98. The number of nitrogens with two attached hydrogens (primary N) is 1. The fourth-order valence-corrected chi connectivity index (χ4v) is 3.62. The van der Waals surface area contributed by atoms with Crippen molar-refractivity contribution in [3.05, 3.63) is 24.0 Å². The average Bonchev–Trinajstić information content (AvgIpc) is 3.05. The van der Waals surface area contributed by atoms with E-state index in [-0.39, 0.29) is 41.6 Å². The molecule has 0 saturated carbocycles. The van der Waals surface area contributed by atoms with E-state index in [9.17, 15) is 12.8 Å². The van der Waals surface area contributed by atoms with Gasteiger partial charge in [0.05, 0.1) is 18.1 Å². The minimum Gasteiger partial charge on any atom is -0.490 e. The first kappa shape index (κ1) is 21.1. The van der Waals surface area contributed by atoms with Crippen LogP contribution in [0.15, 0.2) is 23.1 Å². The summed E-state index contributed by atoms with van der Waals surface area (Å²) in [6, 6.07) is 3.30. The van der Waals surface area contributed by atoms with Gasteiger partial charge < -0.3 is 15.2 Å². The normalized spacial score (nSPS) is 19.1. The number of benzene rings is 1.